The number of hydrogen-bond donors (Lipinski definition) is 2. The summed E-state index contributed by atoms with van der Waals surface area (Å²) in [5.41, 5.74) is 0. The van der Waals surface area contributed by atoms with E-state index in [0.29, 0.717) is 17.9 Å². The highest BCUT2D eigenvalue weighted by Crippen LogP contribution is 2.23. The van der Waals surface area contributed by atoms with Crippen molar-refractivity contribution in [3.63, 3.8) is 0 Å². The fourth-order valence-corrected chi connectivity index (χ4v) is 3.35. The van der Waals surface area contributed by atoms with E-state index in [1.807, 2.05) is 11.8 Å². The minimum Gasteiger partial charge on any atom is -0.353 e. The van der Waals surface area contributed by atoms with Crippen molar-refractivity contribution in [1.82, 2.24) is 10.6 Å². The van der Waals surface area contributed by atoms with Crippen LogP contribution in [-0.4, -0.2) is 36.5 Å². The van der Waals surface area contributed by atoms with Gasteiger partial charge < -0.3 is 10.6 Å². The summed E-state index contributed by atoms with van der Waals surface area (Å²) in [6.07, 6.45) is 4.32. The SMILES string of the molecule is O=C(NC1CCNCC1)C1CCSCC1. The molecule has 2 heterocycles. The Morgan fingerprint density at radius 2 is 1.80 bits per heavy atom. The fourth-order valence-electron chi connectivity index (χ4n) is 2.25. The van der Waals surface area contributed by atoms with Crippen LogP contribution in [0.2, 0.25) is 0 Å². The zero-order valence-electron chi connectivity index (χ0n) is 9.13. The van der Waals surface area contributed by atoms with Gasteiger partial charge in [0.2, 0.25) is 5.91 Å². The number of piperidine rings is 1. The lowest BCUT2D eigenvalue weighted by Gasteiger charge is -2.27. The molecule has 0 atom stereocenters. The highest BCUT2D eigenvalue weighted by molar-refractivity contribution is 7.99. The summed E-state index contributed by atoms with van der Waals surface area (Å²) in [6, 6.07) is 0.424. The first-order chi connectivity index (χ1) is 7.36. The lowest BCUT2D eigenvalue weighted by atomic mass is 10.00. The summed E-state index contributed by atoms with van der Waals surface area (Å²) < 4.78 is 0. The van der Waals surface area contributed by atoms with E-state index in [0.717, 1.165) is 50.3 Å². The van der Waals surface area contributed by atoms with Crippen molar-refractivity contribution >= 4 is 17.7 Å². The first kappa shape index (κ1) is 11.3. The molecule has 0 aromatic carbocycles. The molecular weight excluding hydrogens is 208 g/mol. The van der Waals surface area contributed by atoms with Gasteiger partial charge in [-0.2, -0.15) is 11.8 Å². The van der Waals surface area contributed by atoms with Crippen LogP contribution < -0.4 is 10.6 Å². The average Bonchev–Trinajstić information content (AvgIpc) is 2.31. The molecule has 15 heavy (non-hydrogen) atoms. The van der Waals surface area contributed by atoms with Crippen LogP contribution in [0.25, 0.3) is 0 Å². The molecule has 2 rings (SSSR count). The van der Waals surface area contributed by atoms with Crippen LogP contribution in [0.4, 0.5) is 0 Å². The monoisotopic (exact) mass is 228 g/mol. The lowest BCUT2D eigenvalue weighted by molar-refractivity contribution is -0.126. The van der Waals surface area contributed by atoms with Gasteiger partial charge in [-0.05, 0) is 50.3 Å². The summed E-state index contributed by atoms with van der Waals surface area (Å²) in [7, 11) is 0. The largest absolute Gasteiger partial charge is 0.353 e. The second-order valence-electron chi connectivity index (χ2n) is 4.42. The minimum atomic E-state index is 0.293. The first-order valence-electron chi connectivity index (χ1n) is 5.95. The van der Waals surface area contributed by atoms with Gasteiger partial charge in [-0.3, -0.25) is 4.79 Å². The highest BCUT2D eigenvalue weighted by Gasteiger charge is 2.24. The van der Waals surface area contributed by atoms with Crippen LogP contribution in [0.5, 0.6) is 0 Å². The van der Waals surface area contributed by atoms with E-state index in [4.69, 9.17) is 0 Å². The molecule has 0 aliphatic carbocycles. The van der Waals surface area contributed by atoms with Crippen LogP contribution in [0.1, 0.15) is 25.7 Å². The summed E-state index contributed by atoms with van der Waals surface area (Å²) in [4.78, 5) is 11.9. The molecule has 4 heteroatoms. The normalized spacial score (nSPS) is 25.1. The van der Waals surface area contributed by atoms with E-state index in [1.54, 1.807) is 0 Å². The zero-order chi connectivity index (χ0) is 10.5. The van der Waals surface area contributed by atoms with Crippen molar-refractivity contribution in [2.45, 2.75) is 31.7 Å². The van der Waals surface area contributed by atoms with Gasteiger partial charge in [-0.25, -0.2) is 0 Å². The topological polar surface area (TPSA) is 41.1 Å². The first-order valence-corrected chi connectivity index (χ1v) is 7.10. The second-order valence-corrected chi connectivity index (χ2v) is 5.64. The maximum absolute atomic E-state index is 11.9. The molecule has 3 nitrogen and oxygen atoms in total. The number of carbonyl (C=O) groups excluding carboxylic acids is 1. The average molecular weight is 228 g/mol. The van der Waals surface area contributed by atoms with Gasteiger partial charge in [0.05, 0.1) is 0 Å². The molecule has 2 N–H and O–H groups in total. The van der Waals surface area contributed by atoms with E-state index in [2.05, 4.69) is 10.6 Å². The van der Waals surface area contributed by atoms with Crippen LogP contribution >= 0.6 is 11.8 Å². The van der Waals surface area contributed by atoms with E-state index < -0.39 is 0 Å². The molecule has 0 spiro atoms. The van der Waals surface area contributed by atoms with Gasteiger partial charge >= 0.3 is 0 Å². The van der Waals surface area contributed by atoms with E-state index >= 15 is 0 Å². The van der Waals surface area contributed by atoms with Crippen molar-refractivity contribution in [2.75, 3.05) is 24.6 Å². The van der Waals surface area contributed by atoms with E-state index in [1.165, 1.54) is 0 Å². The highest BCUT2D eigenvalue weighted by atomic mass is 32.2. The second kappa shape index (κ2) is 5.75. The van der Waals surface area contributed by atoms with Crippen molar-refractivity contribution in [2.24, 2.45) is 5.92 Å². The molecule has 0 radical (unpaired) electrons. The van der Waals surface area contributed by atoms with Crippen LogP contribution in [-0.2, 0) is 4.79 Å². The Morgan fingerprint density at radius 3 is 2.47 bits per heavy atom. The summed E-state index contributed by atoms with van der Waals surface area (Å²) in [6.45, 7) is 2.09. The van der Waals surface area contributed by atoms with Crippen molar-refractivity contribution in [3.05, 3.63) is 0 Å². The molecule has 0 unspecified atom stereocenters. The summed E-state index contributed by atoms with van der Waals surface area (Å²) in [5, 5.41) is 6.51. The quantitative estimate of drug-likeness (QED) is 0.741. The maximum atomic E-state index is 11.9. The Labute approximate surface area is 95.8 Å². The third-order valence-corrected chi connectivity index (χ3v) is 4.33. The number of nitrogens with one attached hydrogen (secondary N) is 2. The number of carbonyl (C=O) groups is 1. The summed E-state index contributed by atoms with van der Waals surface area (Å²) in [5.74, 6) is 2.91. The molecule has 0 aromatic rings. The van der Waals surface area contributed by atoms with Crippen LogP contribution in [0.3, 0.4) is 0 Å². The molecule has 2 aliphatic heterocycles. The van der Waals surface area contributed by atoms with Crippen molar-refractivity contribution < 1.29 is 4.79 Å². The number of hydrogen-bond acceptors (Lipinski definition) is 3. The Hall–Kier alpha value is -0.220. The third kappa shape index (κ3) is 3.38. The van der Waals surface area contributed by atoms with Crippen molar-refractivity contribution in [3.8, 4) is 0 Å². The summed E-state index contributed by atoms with van der Waals surface area (Å²) >= 11 is 1.97. The fraction of sp³-hybridized carbons (Fsp3) is 0.909. The van der Waals surface area contributed by atoms with E-state index in [9.17, 15) is 4.79 Å². The van der Waals surface area contributed by atoms with Gasteiger partial charge in [0.25, 0.3) is 0 Å². The van der Waals surface area contributed by atoms with Crippen LogP contribution in [0, 0.1) is 5.92 Å². The third-order valence-electron chi connectivity index (χ3n) is 3.28. The van der Waals surface area contributed by atoms with Gasteiger partial charge in [0, 0.05) is 12.0 Å². The van der Waals surface area contributed by atoms with E-state index in [-0.39, 0.29) is 0 Å². The lowest BCUT2D eigenvalue weighted by Crippen LogP contribution is -2.45. The predicted molar refractivity (Wildman–Crippen MR) is 64.1 cm³/mol. The van der Waals surface area contributed by atoms with Gasteiger partial charge in [-0.15, -0.1) is 0 Å². The Balaban J connectivity index is 1.74. The molecule has 1 amide bonds. The molecule has 2 fully saturated rings. The molecule has 0 bridgehead atoms. The Bertz CT molecular complexity index is 211. The van der Waals surface area contributed by atoms with Crippen LogP contribution in [0.15, 0.2) is 0 Å². The maximum Gasteiger partial charge on any atom is 0.223 e. The van der Waals surface area contributed by atoms with Gasteiger partial charge in [0.15, 0.2) is 0 Å². The predicted octanol–water partition coefficient (Wildman–Crippen LogP) is 0.998. The van der Waals surface area contributed by atoms with Gasteiger partial charge in [0.1, 0.15) is 0 Å². The van der Waals surface area contributed by atoms with Gasteiger partial charge in [-0.1, -0.05) is 0 Å². The smallest absolute Gasteiger partial charge is 0.223 e. The number of thioether (sulfide) groups is 1. The number of amides is 1. The van der Waals surface area contributed by atoms with Crippen molar-refractivity contribution in [1.29, 1.82) is 0 Å². The number of rotatable bonds is 2. The molecule has 2 saturated heterocycles. The molecular formula is C11H20N2OS. The zero-order valence-corrected chi connectivity index (χ0v) is 9.94. The molecule has 0 saturated carbocycles. The molecule has 0 aromatic heterocycles. The Kier molecular flexibility index (Phi) is 4.32. The molecule has 86 valence electrons. The standard InChI is InChI=1S/C11H20N2OS/c14-11(9-3-7-15-8-4-9)13-10-1-5-12-6-2-10/h9-10,12H,1-8H2,(H,13,14). The Morgan fingerprint density at radius 1 is 1.13 bits per heavy atom. The minimum absolute atomic E-state index is 0.293. The molecule has 2 aliphatic rings.